The van der Waals surface area contributed by atoms with Gasteiger partial charge in [0.15, 0.2) is 5.78 Å². The van der Waals surface area contributed by atoms with Crippen molar-refractivity contribution in [2.75, 3.05) is 53.4 Å². The Morgan fingerprint density at radius 2 is 2.24 bits per heavy atom. The monoisotopic (exact) mass is 313 g/mol. The van der Waals surface area contributed by atoms with Crippen molar-refractivity contribution >= 4 is 17.4 Å². The highest BCUT2D eigenvalue weighted by Crippen LogP contribution is 2.16. The molecule has 1 fully saturated rings. The Kier molecular flexibility index (Phi) is 6.17. The number of rotatable bonds is 6. The molecular weight excluding hydrogens is 290 g/mol. The Morgan fingerprint density at radius 3 is 3.00 bits per heavy atom. The second-order valence-electron chi connectivity index (χ2n) is 5.67. The molecule has 0 aromatic carbocycles. The number of hydrogen-bond acceptors (Lipinski definition) is 5. The molecule has 1 saturated heterocycles. The van der Waals surface area contributed by atoms with Gasteiger partial charge in [-0.3, -0.25) is 14.4 Å². The van der Waals surface area contributed by atoms with E-state index in [-0.39, 0.29) is 5.78 Å². The molecule has 0 saturated carbocycles. The summed E-state index contributed by atoms with van der Waals surface area (Å²) in [5, 5.41) is 8.02. The van der Waals surface area contributed by atoms with Gasteiger partial charge < -0.3 is 10.2 Å². The van der Waals surface area contributed by atoms with Gasteiger partial charge in [0, 0.05) is 19.6 Å². The fourth-order valence-electron chi connectivity index (χ4n) is 2.44. The van der Waals surface area contributed by atoms with Crippen molar-refractivity contribution in [2.24, 2.45) is 0 Å². The molecule has 6 nitrogen and oxygen atoms in total. The molecule has 0 amide bonds. The summed E-state index contributed by atoms with van der Waals surface area (Å²) in [6.07, 6.45) is 2.63. The third-order valence-electron chi connectivity index (χ3n) is 3.62. The van der Waals surface area contributed by atoms with E-state index in [1.807, 2.05) is 14.1 Å². The number of nitrogens with zero attached hydrogens (tertiary/aromatic N) is 4. The third kappa shape index (κ3) is 4.78. The standard InChI is InChI=1S/C14H24ClN5O/c1-18(2)8-9-20-14(12(15)10-17-20)13(21)11-19-6-3-4-16-5-7-19/h10,16H,3-9,11H2,1-2H3. The zero-order valence-corrected chi connectivity index (χ0v) is 13.6. The average Bonchev–Trinajstić information content (AvgIpc) is 2.63. The summed E-state index contributed by atoms with van der Waals surface area (Å²) >= 11 is 6.16. The van der Waals surface area contributed by atoms with Crippen LogP contribution in [-0.2, 0) is 6.54 Å². The summed E-state index contributed by atoms with van der Waals surface area (Å²) in [5.74, 6) is 0.0538. The van der Waals surface area contributed by atoms with Crippen molar-refractivity contribution in [3.63, 3.8) is 0 Å². The Labute approximate surface area is 131 Å². The van der Waals surface area contributed by atoms with Crippen molar-refractivity contribution in [2.45, 2.75) is 13.0 Å². The Hall–Kier alpha value is -0.950. The number of nitrogens with one attached hydrogen (secondary N) is 1. The summed E-state index contributed by atoms with van der Waals surface area (Å²) in [4.78, 5) is 16.8. The van der Waals surface area contributed by atoms with E-state index in [9.17, 15) is 4.79 Å². The van der Waals surface area contributed by atoms with Gasteiger partial charge in [0.25, 0.3) is 0 Å². The predicted octanol–water partition coefficient (Wildman–Crippen LogP) is 0.576. The SMILES string of the molecule is CN(C)CCn1ncc(Cl)c1C(=O)CN1CCCNCC1. The molecule has 1 aliphatic rings. The Bertz CT molecular complexity index is 466. The van der Waals surface area contributed by atoms with Crippen LogP contribution in [0, 0.1) is 0 Å². The second-order valence-corrected chi connectivity index (χ2v) is 6.08. The van der Waals surface area contributed by atoms with Crippen molar-refractivity contribution in [1.29, 1.82) is 0 Å². The maximum Gasteiger partial charge on any atom is 0.196 e. The molecule has 7 heteroatoms. The molecule has 1 aromatic heterocycles. The molecule has 2 rings (SSSR count). The highest BCUT2D eigenvalue weighted by atomic mass is 35.5. The highest BCUT2D eigenvalue weighted by Gasteiger charge is 2.20. The number of ketones is 1. The average molecular weight is 314 g/mol. The van der Waals surface area contributed by atoms with Crippen LogP contribution in [-0.4, -0.2) is 78.7 Å². The molecule has 1 N–H and O–H groups in total. The van der Waals surface area contributed by atoms with E-state index >= 15 is 0 Å². The molecule has 1 aromatic rings. The molecule has 0 radical (unpaired) electrons. The van der Waals surface area contributed by atoms with Gasteiger partial charge in [0.05, 0.1) is 24.3 Å². The minimum Gasteiger partial charge on any atom is -0.315 e. The van der Waals surface area contributed by atoms with Crippen LogP contribution < -0.4 is 5.32 Å². The quantitative estimate of drug-likeness (QED) is 0.779. The molecule has 1 aliphatic heterocycles. The van der Waals surface area contributed by atoms with Gasteiger partial charge in [-0.05, 0) is 33.6 Å². The van der Waals surface area contributed by atoms with E-state index < -0.39 is 0 Å². The van der Waals surface area contributed by atoms with Gasteiger partial charge in [0.2, 0.25) is 0 Å². The van der Waals surface area contributed by atoms with Gasteiger partial charge >= 0.3 is 0 Å². The summed E-state index contributed by atoms with van der Waals surface area (Å²) in [5.41, 5.74) is 0.538. The zero-order valence-electron chi connectivity index (χ0n) is 12.8. The van der Waals surface area contributed by atoms with E-state index in [0.717, 1.165) is 39.1 Å². The number of aromatic nitrogens is 2. The maximum atomic E-state index is 12.6. The number of likely N-dealkylation sites (N-methyl/N-ethyl adjacent to an activating group) is 1. The molecule has 0 bridgehead atoms. The first kappa shape index (κ1) is 16.4. The van der Waals surface area contributed by atoms with Crippen LogP contribution in [0.1, 0.15) is 16.9 Å². The van der Waals surface area contributed by atoms with Gasteiger partial charge in [-0.15, -0.1) is 0 Å². The first-order valence-electron chi connectivity index (χ1n) is 7.40. The lowest BCUT2D eigenvalue weighted by Gasteiger charge is -2.19. The summed E-state index contributed by atoms with van der Waals surface area (Å²) in [6.45, 7) is 5.70. The summed E-state index contributed by atoms with van der Waals surface area (Å²) in [6, 6.07) is 0. The molecule has 0 unspecified atom stereocenters. The van der Waals surface area contributed by atoms with E-state index in [1.54, 1.807) is 10.9 Å². The molecule has 0 spiro atoms. The van der Waals surface area contributed by atoms with Crippen LogP contribution in [0.25, 0.3) is 0 Å². The smallest absolute Gasteiger partial charge is 0.196 e. The lowest BCUT2D eigenvalue weighted by Crippen LogP contribution is -2.34. The third-order valence-corrected chi connectivity index (χ3v) is 3.89. The fourth-order valence-corrected chi connectivity index (χ4v) is 2.69. The first-order chi connectivity index (χ1) is 10.1. The topological polar surface area (TPSA) is 53.4 Å². The van der Waals surface area contributed by atoms with Crippen LogP contribution in [0.15, 0.2) is 6.20 Å². The summed E-state index contributed by atoms with van der Waals surface area (Å²) in [7, 11) is 3.99. The largest absolute Gasteiger partial charge is 0.315 e. The maximum absolute atomic E-state index is 12.6. The van der Waals surface area contributed by atoms with Crippen LogP contribution in [0.3, 0.4) is 0 Å². The van der Waals surface area contributed by atoms with Crippen LogP contribution in [0.2, 0.25) is 5.02 Å². The number of carbonyl (C=O) groups excluding carboxylic acids is 1. The van der Waals surface area contributed by atoms with Gasteiger partial charge in [-0.1, -0.05) is 11.6 Å². The van der Waals surface area contributed by atoms with Gasteiger partial charge in [0.1, 0.15) is 5.69 Å². The number of Topliss-reactive ketones (excluding diaryl/α,β-unsaturated/α-hetero) is 1. The summed E-state index contributed by atoms with van der Waals surface area (Å²) < 4.78 is 1.72. The second kappa shape index (κ2) is 7.89. The van der Waals surface area contributed by atoms with E-state index in [0.29, 0.717) is 23.8 Å². The number of halogens is 1. The van der Waals surface area contributed by atoms with Crippen molar-refractivity contribution in [3.05, 3.63) is 16.9 Å². The van der Waals surface area contributed by atoms with Crippen molar-refractivity contribution < 1.29 is 4.79 Å². The zero-order chi connectivity index (χ0) is 15.2. The minimum absolute atomic E-state index is 0.0538. The molecule has 2 heterocycles. The normalized spacial score (nSPS) is 17.1. The van der Waals surface area contributed by atoms with Gasteiger partial charge in [-0.2, -0.15) is 5.10 Å². The minimum atomic E-state index is 0.0538. The van der Waals surface area contributed by atoms with Crippen molar-refractivity contribution in [1.82, 2.24) is 24.9 Å². The predicted molar refractivity (Wildman–Crippen MR) is 84.0 cm³/mol. The van der Waals surface area contributed by atoms with Crippen molar-refractivity contribution in [3.8, 4) is 0 Å². The molecule has 0 aliphatic carbocycles. The number of hydrogen-bond donors (Lipinski definition) is 1. The lowest BCUT2D eigenvalue weighted by atomic mass is 10.2. The van der Waals surface area contributed by atoms with Crippen LogP contribution in [0.5, 0.6) is 0 Å². The fraction of sp³-hybridized carbons (Fsp3) is 0.714. The van der Waals surface area contributed by atoms with Crippen LogP contribution >= 0.6 is 11.6 Å². The van der Waals surface area contributed by atoms with Crippen LogP contribution in [0.4, 0.5) is 0 Å². The van der Waals surface area contributed by atoms with Gasteiger partial charge in [-0.25, -0.2) is 0 Å². The molecular formula is C14H24ClN5O. The lowest BCUT2D eigenvalue weighted by molar-refractivity contribution is 0.0923. The molecule has 21 heavy (non-hydrogen) atoms. The Balaban J connectivity index is 2.02. The number of carbonyl (C=O) groups is 1. The van der Waals surface area contributed by atoms with E-state index in [2.05, 4.69) is 20.2 Å². The highest BCUT2D eigenvalue weighted by molar-refractivity contribution is 6.33. The first-order valence-corrected chi connectivity index (χ1v) is 7.78. The van der Waals surface area contributed by atoms with E-state index in [1.165, 1.54) is 0 Å². The van der Waals surface area contributed by atoms with E-state index in [4.69, 9.17) is 11.6 Å². The molecule has 118 valence electrons. The Morgan fingerprint density at radius 1 is 1.43 bits per heavy atom. The molecule has 0 atom stereocenters.